The van der Waals surface area contributed by atoms with Gasteiger partial charge >= 0.3 is 0 Å². The Kier molecular flexibility index (Phi) is 3.68. The summed E-state index contributed by atoms with van der Waals surface area (Å²) in [5, 5.41) is 11.2. The van der Waals surface area contributed by atoms with E-state index in [0.717, 1.165) is 25.8 Å². The second kappa shape index (κ2) is 5.84. The highest BCUT2D eigenvalue weighted by Gasteiger charge is 2.40. The monoisotopic (exact) mass is 354 g/mol. The average molecular weight is 354 g/mol. The summed E-state index contributed by atoms with van der Waals surface area (Å²) in [5.41, 5.74) is 5.32. The van der Waals surface area contributed by atoms with Gasteiger partial charge in [-0.05, 0) is 62.1 Å². The number of hydrogen-bond donors (Lipinski definition) is 1. The second-order valence-electron chi connectivity index (χ2n) is 7.92. The van der Waals surface area contributed by atoms with Crippen LogP contribution >= 0.6 is 0 Å². The molecule has 5 rings (SSSR count). The van der Waals surface area contributed by atoms with E-state index in [9.17, 15) is 5.11 Å². The molecule has 1 N–H and O–H groups in total. The fraction of sp³-hybridized carbons (Fsp3) is 0.524. The van der Waals surface area contributed by atoms with Crippen LogP contribution in [-0.2, 0) is 15.9 Å². The fourth-order valence-corrected chi connectivity index (χ4v) is 5.17. The molecule has 0 aliphatic carbocycles. The Morgan fingerprint density at radius 2 is 2.12 bits per heavy atom. The minimum Gasteiger partial charge on any atom is -0.508 e. The highest BCUT2D eigenvalue weighted by atomic mass is 16.7. The Morgan fingerprint density at radius 1 is 1.27 bits per heavy atom. The second-order valence-corrected chi connectivity index (χ2v) is 7.92. The van der Waals surface area contributed by atoms with Gasteiger partial charge in [0.2, 0.25) is 0 Å². The predicted molar refractivity (Wildman–Crippen MR) is 101 cm³/mol. The van der Waals surface area contributed by atoms with E-state index < -0.39 is 0 Å². The van der Waals surface area contributed by atoms with E-state index in [0.29, 0.717) is 17.7 Å². The molecule has 0 radical (unpaired) electrons. The number of methoxy groups -OCH3 is 1. The van der Waals surface area contributed by atoms with Crippen LogP contribution in [0.15, 0.2) is 23.8 Å². The van der Waals surface area contributed by atoms with Crippen molar-refractivity contribution >= 4 is 17.1 Å². The highest BCUT2D eigenvalue weighted by Crippen LogP contribution is 2.47. The summed E-state index contributed by atoms with van der Waals surface area (Å²) in [6.45, 7) is 3.18. The van der Waals surface area contributed by atoms with Crippen LogP contribution < -0.4 is 0 Å². The highest BCUT2D eigenvalue weighted by molar-refractivity contribution is 5.89. The lowest BCUT2D eigenvalue weighted by atomic mass is 9.83. The maximum absolute atomic E-state index is 10.0. The van der Waals surface area contributed by atoms with E-state index >= 15 is 0 Å². The van der Waals surface area contributed by atoms with Crippen LogP contribution in [0.3, 0.4) is 0 Å². The summed E-state index contributed by atoms with van der Waals surface area (Å²) in [7, 11) is 3.96. The smallest absolute Gasteiger partial charge is 0.158 e. The van der Waals surface area contributed by atoms with Crippen molar-refractivity contribution in [3.8, 4) is 5.75 Å². The van der Waals surface area contributed by atoms with Crippen LogP contribution in [0.2, 0.25) is 0 Å². The third-order valence-corrected chi connectivity index (χ3v) is 6.52. The zero-order chi connectivity index (χ0) is 18.0. The molecule has 5 nitrogen and oxygen atoms in total. The summed E-state index contributed by atoms with van der Waals surface area (Å²) >= 11 is 0. The molecule has 5 heteroatoms. The van der Waals surface area contributed by atoms with Gasteiger partial charge in [0.15, 0.2) is 6.29 Å². The van der Waals surface area contributed by atoms with Crippen molar-refractivity contribution in [3.05, 3.63) is 35.0 Å². The predicted octanol–water partition coefficient (Wildman–Crippen LogP) is 3.52. The molecule has 1 aromatic carbocycles. The minimum absolute atomic E-state index is 0.0503. The van der Waals surface area contributed by atoms with Crippen molar-refractivity contribution in [2.45, 2.75) is 44.6 Å². The first-order valence-corrected chi connectivity index (χ1v) is 9.52. The van der Waals surface area contributed by atoms with Crippen LogP contribution in [0.1, 0.15) is 37.1 Å². The number of likely N-dealkylation sites (N-methyl/N-ethyl adjacent to an activating group) is 1. The third-order valence-electron chi connectivity index (χ3n) is 6.52. The lowest BCUT2D eigenvalue weighted by Crippen LogP contribution is -2.37. The van der Waals surface area contributed by atoms with Gasteiger partial charge in [0.25, 0.3) is 0 Å². The van der Waals surface area contributed by atoms with Gasteiger partial charge in [-0.2, -0.15) is 0 Å². The number of aromatic nitrogens is 1. The van der Waals surface area contributed by atoms with Gasteiger partial charge in [0.05, 0.1) is 17.7 Å². The molecule has 0 saturated carbocycles. The standard InChI is InChI=1S/C21H26N2O3/c1-12-17-11-23-18-5-4-14(24)10-16(18)15-6-7-22(2)19(21(15)23)8-13(17)9-20(25-3)26-12/h4-5,10-13,19-20,24H,6-9H2,1-3H3/t12-,13-,19+,20+/m1/s1. The van der Waals surface area contributed by atoms with Gasteiger partial charge in [-0.3, -0.25) is 4.90 Å². The normalized spacial score (nSPS) is 31.3. The molecular formula is C21H26N2O3. The number of phenols is 1. The summed E-state index contributed by atoms with van der Waals surface area (Å²) in [5.74, 6) is 0.807. The van der Waals surface area contributed by atoms with Gasteiger partial charge in [0.1, 0.15) is 5.75 Å². The number of hydrogen-bond acceptors (Lipinski definition) is 4. The van der Waals surface area contributed by atoms with Crippen LogP contribution in [0.4, 0.5) is 0 Å². The molecular weight excluding hydrogens is 328 g/mol. The average Bonchev–Trinajstić information content (AvgIpc) is 2.80. The SMILES string of the molecule is CO[C@@H]1C[C@H]2C[C@H]3c4c(c5cc(O)ccc5n4C=C2[C@@H](C)O1)CCN3C. The Balaban J connectivity index is 1.74. The zero-order valence-electron chi connectivity index (χ0n) is 15.6. The molecule has 26 heavy (non-hydrogen) atoms. The van der Waals surface area contributed by atoms with E-state index in [1.807, 2.05) is 12.1 Å². The fourth-order valence-electron chi connectivity index (χ4n) is 5.17. The van der Waals surface area contributed by atoms with E-state index in [-0.39, 0.29) is 12.4 Å². The maximum atomic E-state index is 10.0. The molecule has 3 aliphatic rings. The molecule has 0 bridgehead atoms. The summed E-state index contributed by atoms with van der Waals surface area (Å²) in [6, 6.07) is 6.14. The third kappa shape index (κ3) is 2.27. The van der Waals surface area contributed by atoms with Crippen molar-refractivity contribution in [3.63, 3.8) is 0 Å². The Hall–Kier alpha value is -1.82. The summed E-state index contributed by atoms with van der Waals surface area (Å²) < 4.78 is 14.0. The van der Waals surface area contributed by atoms with Crippen LogP contribution in [0.5, 0.6) is 5.75 Å². The quantitative estimate of drug-likeness (QED) is 0.851. The summed E-state index contributed by atoms with van der Waals surface area (Å²) in [4.78, 5) is 2.48. The van der Waals surface area contributed by atoms with Crippen LogP contribution in [0, 0.1) is 5.92 Å². The number of phenolic OH excluding ortho intramolecular Hbond substituents is 1. The Labute approximate surface area is 153 Å². The number of aromatic hydroxyl groups is 1. The van der Waals surface area contributed by atoms with E-state index in [1.165, 1.54) is 27.7 Å². The van der Waals surface area contributed by atoms with Crippen molar-refractivity contribution in [2.75, 3.05) is 20.7 Å². The lowest BCUT2D eigenvalue weighted by Gasteiger charge is -2.38. The van der Waals surface area contributed by atoms with Gasteiger partial charge < -0.3 is 19.1 Å². The van der Waals surface area contributed by atoms with Gasteiger partial charge in [0, 0.05) is 37.4 Å². The molecule has 2 aromatic rings. The molecule has 1 aromatic heterocycles. The van der Waals surface area contributed by atoms with E-state index in [1.54, 1.807) is 13.2 Å². The Bertz CT molecular complexity index is 900. The molecule has 0 unspecified atom stereocenters. The first kappa shape index (κ1) is 16.4. The van der Waals surface area contributed by atoms with E-state index in [2.05, 4.69) is 29.6 Å². The number of rotatable bonds is 1. The number of ether oxygens (including phenoxy) is 2. The van der Waals surface area contributed by atoms with Crippen LogP contribution in [0.25, 0.3) is 17.1 Å². The van der Waals surface area contributed by atoms with Gasteiger partial charge in [-0.15, -0.1) is 0 Å². The molecule has 1 fully saturated rings. The van der Waals surface area contributed by atoms with E-state index in [4.69, 9.17) is 9.47 Å². The molecule has 3 aliphatic heterocycles. The first-order chi connectivity index (χ1) is 12.6. The van der Waals surface area contributed by atoms with Crippen LogP contribution in [-0.4, -0.2) is 47.7 Å². The first-order valence-electron chi connectivity index (χ1n) is 9.52. The van der Waals surface area contributed by atoms with Gasteiger partial charge in [-0.25, -0.2) is 0 Å². The summed E-state index contributed by atoms with van der Waals surface area (Å²) in [6.07, 6.45) is 5.26. The number of nitrogens with zero attached hydrogens (tertiary/aromatic N) is 2. The molecule has 0 amide bonds. The van der Waals surface area contributed by atoms with Gasteiger partial charge in [-0.1, -0.05) is 0 Å². The van der Waals surface area contributed by atoms with Crippen molar-refractivity contribution < 1.29 is 14.6 Å². The zero-order valence-corrected chi connectivity index (χ0v) is 15.6. The largest absolute Gasteiger partial charge is 0.508 e. The number of fused-ring (bicyclic) bond motifs is 4. The lowest BCUT2D eigenvalue weighted by molar-refractivity contribution is -0.169. The number of benzene rings is 1. The molecule has 0 spiro atoms. The molecule has 1 saturated heterocycles. The van der Waals surface area contributed by atoms with Crippen molar-refractivity contribution in [1.29, 1.82) is 0 Å². The minimum atomic E-state index is -0.119. The maximum Gasteiger partial charge on any atom is 0.158 e. The topological polar surface area (TPSA) is 46.9 Å². The molecule has 4 atom stereocenters. The molecule has 4 heterocycles. The van der Waals surface area contributed by atoms with Crippen molar-refractivity contribution in [1.82, 2.24) is 9.47 Å². The van der Waals surface area contributed by atoms with Crippen molar-refractivity contribution in [2.24, 2.45) is 5.92 Å². The Morgan fingerprint density at radius 3 is 2.92 bits per heavy atom. The molecule has 138 valence electrons.